The van der Waals surface area contributed by atoms with Crippen molar-refractivity contribution < 1.29 is 4.42 Å². The molecule has 0 aliphatic rings. The molecule has 0 aliphatic heterocycles. The van der Waals surface area contributed by atoms with Crippen LogP contribution in [0.25, 0.3) is 56.0 Å². The molecule has 2 N–H and O–H groups in total. The fourth-order valence-corrected chi connectivity index (χ4v) is 3.45. The summed E-state index contributed by atoms with van der Waals surface area (Å²) >= 11 is 0. The van der Waals surface area contributed by atoms with Gasteiger partial charge in [0.05, 0.1) is 35.5 Å². The van der Waals surface area contributed by atoms with E-state index >= 15 is 0 Å². The SMILES string of the molecule is c1cncc(-c2cc3c(-c4nc5nccc(-c6ccoc6)c5[nH]4)n[nH]c3cn2)c1. The van der Waals surface area contributed by atoms with Gasteiger partial charge in [0.25, 0.3) is 0 Å². The largest absolute Gasteiger partial charge is 0.472 e. The van der Waals surface area contributed by atoms with Crippen LogP contribution in [0.5, 0.6) is 0 Å². The molecule has 0 aromatic carbocycles. The quantitative estimate of drug-likeness (QED) is 0.476. The number of H-pyrrole nitrogens is 2. The number of rotatable bonds is 3. The molecule has 8 heteroatoms. The Morgan fingerprint density at radius 2 is 1.97 bits per heavy atom. The van der Waals surface area contributed by atoms with Crippen LogP contribution in [0.15, 0.2) is 72.1 Å². The van der Waals surface area contributed by atoms with Crippen LogP contribution in [-0.2, 0) is 0 Å². The molecule has 29 heavy (non-hydrogen) atoms. The topological polar surface area (TPSA) is 109 Å². The van der Waals surface area contributed by atoms with Gasteiger partial charge in [-0.3, -0.25) is 15.1 Å². The summed E-state index contributed by atoms with van der Waals surface area (Å²) in [6.07, 6.45) is 10.4. The van der Waals surface area contributed by atoms with Crippen molar-refractivity contribution >= 4 is 22.1 Å². The van der Waals surface area contributed by atoms with Crippen LogP contribution < -0.4 is 0 Å². The van der Waals surface area contributed by atoms with E-state index in [2.05, 4.69) is 35.1 Å². The van der Waals surface area contributed by atoms with Crippen LogP contribution in [0.2, 0.25) is 0 Å². The molecule has 8 nitrogen and oxygen atoms in total. The molecule has 0 radical (unpaired) electrons. The molecular formula is C21H13N7O. The Kier molecular flexibility index (Phi) is 3.30. The van der Waals surface area contributed by atoms with Crippen LogP contribution >= 0.6 is 0 Å². The lowest BCUT2D eigenvalue weighted by Crippen LogP contribution is -1.85. The van der Waals surface area contributed by atoms with Gasteiger partial charge in [0.1, 0.15) is 5.69 Å². The van der Waals surface area contributed by atoms with Crippen molar-refractivity contribution in [3.63, 3.8) is 0 Å². The molecule has 6 heterocycles. The molecule has 0 aliphatic carbocycles. The number of nitrogens with one attached hydrogen (secondary N) is 2. The summed E-state index contributed by atoms with van der Waals surface area (Å²) in [6, 6.07) is 9.69. The minimum Gasteiger partial charge on any atom is -0.472 e. The summed E-state index contributed by atoms with van der Waals surface area (Å²) in [5.74, 6) is 0.637. The molecule has 0 unspecified atom stereocenters. The summed E-state index contributed by atoms with van der Waals surface area (Å²) < 4.78 is 5.23. The van der Waals surface area contributed by atoms with Gasteiger partial charge in [-0.15, -0.1) is 0 Å². The first-order chi connectivity index (χ1) is 14.4. The average Bonchev–Trinajstić information content (AvgIpc) is 3.52. The lowest BCUT2D eigenvalue weighted by Gasteiger charge is -2.00. The number of aromatic nitrogens is 7. The maximum absolute atomic E-state index is 5.23. The molecule has 6 aromatic rings. The third-order valence-electron chi connectivity index (χ3n) is 4.85. The van der Waals surface area contributed by atoms with E-state index in [0.29, 0.717) is 17.2 Å². The number of nitrogens with zero attached hydrogens (tertiary/aromatic N) is 5. The van der Waals surface area contributed by atoms with Crippen molar-refractivity contribution in [2.75, 3.05) is 0 Å². The van der Waals surface area contributed by atoms with Crippen molar-refractivity contribution in [2.45, 2.75) is 0 Å². The molecule has 6 rings (SSSR count). The maximum atomic E-state index is 5.23. The van der Waals surface area contributed by atoms with Gasteiger partial charge in [-0.1, -0.05) is 0 Å². The smallest absolute Gasteiger partial charge is 0.178 e. The molecule has 138 valence electrons. The summed E-state index contributed by atoms with van der Waals surface area (Å²) in [5.41, 5.74) is 6.69. The highest BCUT2D eigenvalue weighted by molar-refractivity contribution is 5.96. The van der Waals surface area contributed by atoms with Gasteiger partial charge in [-0.05, 0) is 30.3 Å². The van der Waals surface area contributed by atoms with E-state index in [0.717, 1.165) is 38.8 Å². The first kappa shape index (κ1) is 15.7. The van der Waals surface area contributed by atoms with Gasteiger partial charge in [0.2, 0.25) is 0 Å². The summed E-state index contributed by atoms with van der Waals surface area (Å²) in [5, 5.41) is 8.41. The Labute approximate surface area is 163 Å². The standard InChI is InChI=1S/C21H13N7O/c1-2-12(9-22-5-1)16-8-15-17(10-24-16)27-28-19(15)21-25-18-14(13-4-7-29-11-13)3-6-23-20(18)26-21/h1-11H,(H,27,28)(H,23,25,26). The summed E-state index contributed by atoms with van der Waals surface area (Å²) in [4.78, 5) is 21.1. The summed E-state index contributed by atoms with van der Waals surface area (Å²) in [7, 11) is 0. The highest BCUT2D eigenvalue weighted by atomic mass is 16.3. The molecule has 0 spiro atoms. The van der Waals surface area contributed by atoms with E-state index in [1.165, 1.54) is 0 Å². The van der Waals surface area contributed by atoms with Crippen LogP contribution in [0, 0.1) is 0 Å². The second kappa shape index (κ2) is 6.10. The molecule has 0 saturated carbocycles. The molecule has 0 amide bonds. The second-order valence-corrected chi connectivity index (χ2v) is 6.58. The zero-order valence-corrected chi connectivity index (χ0v) is 15.0. The molecule has 0 fully saturated rings. The third kappa shape index (κ3) is 2.50. The Bertz CT molecular complexity index is 1450. The molecule has 6 aromatic heterocycles. The zero-order valence-electron chi connectivity index (χ0n) is 15.0. The second-order valence-electron chi connectivity index (χ2n) is 6.58. The Morgan fingerprint density at radius 1 is 0.966 bits per heavy atom. The van der Waals surface area contributed by atoms with Crippen molar-refractivity contribution in [2.24, 2.45) is 0 Å². The van der Waals surface area contributed by atoms with Gasteiger partial charge in [-0.2, -0.15) is 5.10 Å². The third-order valence-corrected chi connectivity index (χ3v) is 4.85. The van der Waals surface area contributed by atoms with E-state index in [1.807, 2.05) is 30.3 Å². The van der Waals surface area contributed by atoms with Crippen molar-refractivity contribution in [1.29, 1.82) is 0 Å². The minimum atomic E-state index is 0.622. The molecular weight excluding hydrogens is 366 g/mol. The van der Waals surface area contributed by atoms with Crippen molar-refractivity contribution in [3.05, 3.63) is 67.6 Å². The van der Waals surface area contributed by atoms with Gasteiger partial charge in [0.15, 0.2) is 11.5 Å². The van der Waals surface area contributed by atoms with Gasteiger partial charge in [0, 0.05) is 40.7 Å². The number of pyridine rings is 3. The molecule has 0 bridgehead atoms. The molecule has 0 saturated heterocycles. The number of hydrogen-bond donors (Lipinski definition) is 2. The first-order valence-electron chi connectivity index (χ1n) is 8.99. The Morgan fingerprint density at radius 3 is 2.83 bits per heavy atom. The van der Waals surface area contributed by atoms with E-state index < -0.39 is 0 Å². The normalized spacial score (nSPS) is 11.4. The van der Waals surface area contributed by atoms with Crippen LogP contribution in [-0.4, -0.2) is 35.1 Å². The first-order valence-corrected chi connectivity index (χ1v) is 8.99. The Hall–Kier alpha value is -4.33. The van der Waals surface area contributed by atoms with Crippen LogP contribution in [0.4, 0.5) is 0 Å². The van der Waals surface area contributed by atoms with E-state index in [9.17, 15) is 0 Å². The van der Waals surface area contributed by atoms with E-state index in [-0.39, 0.29) is 0 Å². The number of aromatic amines is 2. The predicted molar refractivity (Wildman–Crippen MR) is 108 cm³/mol. The maximum Gasteiger partial charge on any atom is 0.178 e. The fourth-order valence-electron chi connectivity index (χ4n) is 3.45. The summed E-state index contributed by atoms with van der Waals surface area (Å²) in [6.45, 7) is 0. The lowest BCUT2D eigenvalue weighted by atomic mass is 10.1. The fraction of sp³-hybridized carbons (Fsp3) is 0. The zero-order chi connectivity index (χ0) is 19.2. The highest BCUT2D eigenvalue weighted by Gasteiger charge is 2.17. The van der Waals surface area contributed by atoms with Crippen molar-refractivity contribution in [1.82, 2.24) is 35.1 Å². The number of fused-ring (bicyclic) bond motifs is 2. The van der Waals surface area contributed by atoms with E-state index in [1.54, 1.807) is 37.3 Å². The van der Waals surface area contributed by atoms with Crippen molar-refractivity contribution in [3.8, 4) is 33.9 Å². The molecule has 0 atom stereocenters. The minimum absolute atomic E-state index is 0.622. The number of imidazole rings is 1. The van der Waals surface area contributed by atoms with Gasteiger partial charge < -0.3 is 9.40 Å². The van der Waals surface area contributed by atoms with Gasteiger partial charge >= 0.3 is 0 Å². The average molecular weight is 379 g/mol. The van der Waals surface area contributed by atoms with Crippen LogP contribution in [0.1, 0.15) is 0 Å². The lowest BCUT2D eigenvalue weighted by molar-refractivity contribution is 0.568. The van der Waals surface area contributed by atoms with Crippen LogP contribution in [0.3, 0.4) is 0 Å². The predicted octanol–water partition coefficient (Wildman–Crippen LogP) is 4.22. The number of furan rings is 1. The Balaban J connectivity index is 1.53. The highest BCUT2D eigenvalue weighted by Crippen LogP contribution is 2.31. The van der Waals surface area contributed by atoms with Gasteiger partial charge in [-0.25, -0.2) is 9.97 Å². The van der Waals surface area contributed by atoms with E-state index in [4.69, 9.17) is 4.42 Å². The monoisotopic (exact) mass is 379 g/mol. The number of hydrogen-bond acceptors (Lipinski definition) is 6.